The number of anilines is 2. The van der Waals surface area contributed by atoms with Crippen LogP contribution in [-0.2, 0) is 4.79 Å². The van der Waals surface area contributed by atoms with Crippen LogP contribution in [-0.4, -0.2) is 23.5 Å². The summed E-state index contributed by atoms with van der Waals surface area (Å²) in [6, 6.07) is 6.63. The summed E-state index contributed by atoms with van der Waals surface area (Å²) < 4.78 is 0. The summed E-state index contributed by atoms with van der Waals surface area (Å²) in [7, 11) is 0. The molecule has 0 aromatic heterocycles. The van der Waals surface area contributed by atoms with Gasteiger partial charge in [0.25, 0.3) is 0 Å². The molecular formula is C14H22N4O2. The third-order valence-corrected chi connectivity index (χ3v) is 2.41. The second-order valence-corrected chi connectivity index (χ2v) is 5.51. The van der Waals surface area contributed by atoms with Gasteiger partial charge < -0.3 is 21.7 Å². The van der Waals surface area contributed by atoms with E-state index in [4.69, 9.17) is 5.73 Å². The maximum atomic E-state index is 11.7. The highest BCUT2D eigenvalue weighted by Crippen LogP contribution is 2.14. The number of nitrogens with one attached hydrogen (secondary N) is 3. The maximum Gasteiger partial charge on any atom is 0.319 e. The van der Waals surface area contributed by atoms with Crippen LogP contribution in [0.3, 0.4) is 0 Å². The number of carbonyl (C=O) groups is 2. The van der Waals surface area contributed by atoms with Crippen molar-refractivity contribution in [2.24, 2.45) is 5.73 Å². The van der Waals surface area contributed by atoms with Crippen LogP contribution in [0.4, 0.5) is 16.2 Å². The van der Waals surface area contributed by atoms with Crippen molar-refractivity contribution in [3.05, 3.63) is 24.3 Å². The molecule has 6 nitrogen and oxygen atoms in total. The molecule has 20 heavy (non-hydrogen) atoms. The number of rotatable bonds is 4. The first-order valence-electron chi connectivity index (χ1n) is 6.46. The van der Waals surface area contributed by atoms with Gasteiger partial charge in [0.05, 0.1) is 5.54 Å². The van der Waals surface area contributed by atoms with Gasteiger partial charge in [-0.2, -0.15) is 0 Å². The Bertz CT molecular complexity index is 475. The van der Waals surface area contributed by atoms with Crippen molar-refractivity contribution in [3.8, 4) is 0 Å². The normalized spacial score (nSPS) is 11.1. The molecule has 0 atom stereocenters. The third kappa shape index (κ3) is 5.27. The van der Waals surface area contributed by atoms with Crippen molar-refractivity contribution in [1.82, 2.24) is 5.32 Å². The van der Waals surface area contributed by atoms with Crippen LogP contribution in [0.15, 0.2) is 24.3 Å². The highest BCUT2D eigenvalue weighted by molar-refractivity contribution is 5.97. The molecule has 0 aliphatic rings. The fourth-order valence-corrected chi connectivity index (χ4v) is 1.36. The van der Waals surface area contributed by atoms with Gasteiger partial charge in [0.15, 0.2) is 0 Å². The van der Waals surface area contributed by atoms with Crippen LogP contribution in [0.5, 0.6) is 0 Å². The van der Waals surface area contributed by atoms with E-state index in [0.29, 0.717) is 11.4 Å². The molecule has 0 fully saturated rings. The number of hydrogen-bond acceptors (Lipinski definition) is 3. The van der Waals surface area contributed by atoms with Crippen molar-refractivity contribution in [3.63, 3.8) is 0 Å². The van der Waals surface area contributed by atoms with E-state index in [2.05, 4.69) is 16.0 Å². The van der Waals surface area contributed by atoms with Crippen molar-refractivity contribution in [1.29, 1.82) is 0 Å². The highest BCUT2D eigenvalue weighted by atomic mass is 16.2. The first-order valence-corrected chi connectivity index (χ1v) is 6.46. The quantitative estimate of drug-likeness (QED) is 0.677. The number of nitrogens with two attached hydrogens (primary N) is 1. The average Bonchev–Trinajstić information content (AvgIpc) is 2.29. The smallest absolute Gasteiger partial charge is 0.319 e. The maximum absolute atomic E-state index is 11.7. The Morgan fingerprint density at radius 2 is 1.50 bits per heavy atom. The Hall–Kier alpha value is -2.08. The lowest BCUT2D eigenvalue weighted by Crippen LogP contribution is -2.45. The monoisotopic (exact) mass is 278 g/mol. The molecule has 0 spiro atoms. The number of urea groups is 1. The Balaban J connectivity index is 2.61. The molecule has 6 heteroatoms. The summed E-state index contributed by atoms with van der Waals surface area (Å²) in [6.07, 6.45) is 0. The van der Waals surface area contributed by atoms with E-state index in [9.17, 15) is 9.59 Å². The van der Waals surface area contributed by atoms with Crippen LogP contribution in [0.1, 0.15) is 27.7 Å². The first kappa shape index (κ1) is 16.0. The molecule has 3 amide bonds. The molecule has 0 saturated heterocycles. The van der Waals surface area contributed by atoms with Crippen molar-refractivity contribution in [2.45, 2.75) is 39.3 Å². The lowest BCUT2D eigenvalue weighted by atomic mass is 10.1. The highest BCUT2D eigenvalue weighted by Gasteiger charge is 2.21. The van der Waals surface area contributed by atoms with Crippen LogP contribution in [0, 0.1) is 0 Å². The molecular weight excluding hydrogens is 256 g/mol. The van der Waals surface area contributed by atoms with Gasteiger partial charge in [-0.15, -0.1) is 0 Å². The Morgan fingerprint density at radius 1 is 1.05 bits per heavy atom. The molecule has 110 valence electrons. The molecule has 1 rings (SSSR count). The van der Waals surface area contributed by atoms with E-state index in [1.54, 1.807) is 38.1 Å². The minimum Gasteiger partial charge on any atom is -0.336 e. The van der Waals surface area contributed by atoms with E-state index in [0.717, 1.165) is 0 Å². The van der Waals surface area contributed by atoms with Gasteiger partial charge in [-0.1, -0.05) is 0 Å². The van der Waals surface area contributed by atoms with E-state index < -0.39 is 5.54 Å². The molecule has 1 aromatic rings. The van der Waals surface area contributed by atoms with E-state index in [-0.39, 0.29) is 18.0 Å². The second kappa shape index (κ2) is 6.38. The van der Waals surface area contributed by atoms with Gasteiger partial charge in [0, 0.05) is 17.4 Å². The zero-order valence-corrected chi connectivity index (χ0v) is 12.3. The van der Waals surface area contributed by atoms with Crippen LogP contribution >= 0.6 is 0 Å². The molecule has 0 saturated carbocycles. The van der Waals surface area contributed by atoms with E-state index >= 15 is 0 Å². The van der Waals surface area contributed by atoms with Gasteiger partial charge >= 0.3 is 6.03 Å². The average molecular weight is 278 g/mol. The number of benzene rings is 1. The molecule has 1 aromatic carbocycles. The molecule has 0 unspecified atom stereocenters. The lowest BCUT2D eigenvalue weighted by Gasteiger charge is -2.18. The minimum atomic E-state index is -0.936. The van der Waals surface area contributed by atoms with Crippen LogP contribution in [0.2, 0.25) is 0 Å². The standard InChI is InChI=1S/C14H22N4O2/c1-9(2)16-13(20)18-11-7-5-10(6-8-11)17-12(19)14(3,4)15/h5-9H,15H2,1-4H3,(H,17,19)(H2,16,18,20). The predicted molar refractivity (Wildman–Crippen MR) is 80.6 cm³/mol. The summed E-state index contributed by atoms with van der Waals surface area (Å²) in [5.74, 6) is -0.268. The topological polar surface area (TPSA) is 96.2 Å². The molecule has 0 radical (unpaired) electrons. The summed E-state index contributed by atoms with van der Waals surface area (Å²) in [6.45, 7) is 7.03. The Kier molecular flexibility index (Phi) is 5.10. The molecule has 0 aliphatic carbocycles. The summed E-state index contributed by atoms with van der Waals surface area (Å²) in [5.41, 5.74) is 6.03. The Morgan fingerprint density at radius 3 is 1.90 bits per heavy atom. The van der Waals surface area contributed by atoms with Gasteiger partial charge in [0.1, 0.15) is 0 Å². The minimum absolute atomic E-state index is 0.0698. The molecule has 0 bridgehead atoms. The molecule has 5 N–H and O–H groups in total. The van der Waals surface area contributed by atoms with E-state index in [1.165, 1.54) is 0 Å². The van der Waals surface area contributed by atoms with E-state index in [1.807, 2.05) is 13.8 Å². The van der Waals surface area contributed by atoms with Gasteiger partial charge in [-0.25, -0.2) is 4.79 Å². The Labute approximate surface area is 119 Å². The van der Waals surface area contributed by atoms with Gasteiger partial charge in [-0.3, -0.25) is 4.79 Å². The fourth-order valence-electron chi connectivity index (χ4n) is 1.36. The van der Waals surface area contributed by atoms with Crippen LogP contribution in [0.25, 0.3) is 0 Å². The van der Waals surface area contributed by atoms with Crippen LogP contribution < -0.4 is 21.7 Å². The fraction of sp³-hybridized carbons (Fsp3) is 0.429. The number of hydrogen-bond donors (Lipinski definition) is 4. The predicted octanol–water partition coefficient (Wildman–Crippen LogP) is 1.89. The zero-order chi connectivity index (χ0) is 15.3. The van der Waals surface area contributed by atoms with Crippen molar-refractivity contribution >= 4 is 23.3 Å². The first-order chi connectivity index (χ1) is 9.18. The van der Waals surface area contributed by atoms with Gasteiger partial charge in [-0.05, 0) is 52.0 Å². The molecule has 0 heterocycles. The lowest BCUT2D eigenvalue weighted by molar-refractivity contribution is -0.120. The van der Waals surface area contributed by atoms with Crippen molar-refractivity contribution in [2.75, 3.05) is 10.6 Å². The van der Waals surface area contributed by atoms with Crippen molar-refractivity contribution < 1.29 is 9.59 Å². The SMILES string of the molecule is CC(C)NC(=O)Nc1ccc(NC(=O)C(C)(C)N)cc1. The summed E-state index contributed by atoms with van der Waals surface area (Å²) in [4.78, 5) is 23.2. The summed E-state index contributed by atoms with van der Waals surface area (Å²) in [5, 5.41) is 8.12. The largest absolute Gasteiger partial charge is 0.336 e. The second-order valence-electron chi connectivity index (χ2n) is 5.51. The van der Waals surface area contributed by atoms with Gasteiger partial charge in [0.2, 0.25) is 5.91 Å². The molecule has 0 aliphatic heterocycles. The third-order valence-electron chi connectivity index (χ3n) is 2.41. The zero-order valence-electron chi connectivity index (χ0n) is 12.3. The number of amides is 3. The summed E-state index contributed by atoms with van der Waals surface area (Å²) >= 11 is 0. The number of carbonyl (C=O) groups excluding carboxylic acids is 2.